The molecule has 2 N–H and O–H groups in total. The molecule has 0 spiro atoms. The van der Waals surface area contributed by atoms with Crippen LogP contribution in [0.5, 0.6) is 0 Å². The van der Waals surface area contributed by atoms with Crippen LogP contribution in [0.4, 0.5) is 5.69 Å². The van der Waals surface area contributed by atoms with Crippen molar-refractivity contribution in [3.63, 3.8) is 0 Å². The summed E-state index contributed by atoms with van der Waals surface area (Å²) in [6.45, 7) is 2.61. The third kappa shape index (κ3) is 3.99. The van der Waals surface area contributed by atoms with E-state index in [1.807, 2.05) is 24.3 Å². The summed E-state index contributed by atoms with van der Waals surface area (Å²) in [5.41, 5.74) is 1.04. The molecule has 1 aliphatic heterocycles. The molecule has 0 radical (unpaired) electrons. The molecule has 1 aromatic rings. The molecule has 0 aliphatic carbocycles. The van der Waals surface area contributed by atoms with Gasteiger partial charge in [0.15, 0.2) is 0 Å². The zero-order chi connectivity index (χ0) is 12.8. The number of carbonyl (C=O) groups is 1. The molecular formula is C13H17BrN2O2. The molecule has 2 rings (SSSR count). The lowest BCUT2D eigenvalue weighted by Crippen LogP contribution is -2.34. The second-order valence-electron chi connectivity index (χ2n) is 4.29. The zero-order valence-electron chi connectivity index (χ0n) is 10.1. The van der Waals surface area contributed by atoms with Crippen molar-refractivity contribution in [3.05, 3.63) is 28.7 Å². The molecule has 1 aliphatic rings. The summed E-state index contributed by atoms with van der Waals surface area (Å²) in [7, 11) is 0. The van der Waals surface area contributed by atoms with Crippen LogP contribution in [0, 0.1) is 5.92 Å². The Balaban J connectivity index is 1.65. The zero-order valence-corrected chi connectivity index (χ0v) is 11.7. The lowest BCUT2D eigenvalue weighted by molar-refractivity contribution is -0.124. The number of halogens is 1. The number of carbonyl (C=O) groups excluding carboxylic acids is 1. The first kappa shape index (κ1) is 13.4. The molecule has 0 unspecified atom stereocenters. The Morgan fingerprint density at radius 3 is 3.06 bits per heavy atom. The monoisotopic (exact) mass is 312 g/mol. The molecule has 0 aromatic heterocycles. The Labute approximate surface area is 115 Å². The highest BCUT2D eigenvalue weighted by atomic mass is 79.9. The van der Waals surface area contributed by atoms with Gasteiger partial charge in [-0.05, 0) is 24.6 Å². The lowest BCUT2D eigenvalue weighted by atomic mass is 10.1. The van der Waals surface area contributed by atoms with Gasteiger partial charge in [-0.25, -0.2) is 0 Å². The first-order chi connectivity index (χ1) is 8.75. The van der Waals surface area contributed by atoms with Gasteiger partial charge in [-0.1, -0.05) is 22.0 Å². The van der Waals surface area contributed by atoms with Crippen LogP contribution in [-0.4, -0.2) is 32.2 Å². The Morgan fingerprint density at radius 1 is 1.44 bits per heavy atom. The summed E-state index contributed by atoms with van der Waals surface area (Å²) in [6, 6.07) is 7.96. The average Bonchev–Trinajstić information content (AvgIpc) is 2.88. The van der Waals surface area contributed by atoms with Gasteiger partial charge >= 0.3 is 0 Å². The second-order valence-corrected chi connectivity index (χ2v) is 5.20. The quantitative estimate of drug-likeness (QED) is 0.818. The Morgan fingerprint density at radius 2 is 2.33 bits per heavy atom. The normalized spacial score (nSPS) is 18.6. The highest BCUT2D eigenvalue weighted by Crippen LogP contribution is 2.15. The van der Waals surface area contributed by atoms with E-state index in [0.717, 1.165) is 23.1 Å². The van der Waals surface area contributed by atoms with E-state index in [2.05, 4.69) is 26.6 Å². The minimum Gasteiger partial charge on any atom is -0.383 e. The summed E-state index contributed by atoms with van der Waals surface area (Å²) >= 11 is 3.42. The number of anilines is 1. The van der Waals surface area contributed by atoms with E-state index in [4.69, 9.17) is 4.74 Å². The van der Waals surface area contributed by atoms with Gasteiger partial charge in [0.1, 0.15) is 0 Å². The first-order valence-corrected chi connectivity index (χ1v) is 6.90. The molecule has 1 aromatic carbocycles. The molecule has 18 heavy (non-hydrogen) atoms. The minimum atomic E-state index is 0.0378. The Hall–Kier alpha value is -1.07. The number of hydrogen-bond acceptors (Lipinski definition) is 3. The molecule has 5 heteroatoms. The Kier molecular flexibility index (Phi) is 5.01. The van der Waals surface area contributed by atoms with Crippen LogP contribution in [0.3, 0.4) is 0 Å². The van der Waals surface area contributed by atoms with Crippen molar-refractivity contribution in [2.75, 3.05) is 31.6 Å². The van der Waals surface area contributed by atoms with E-state index in [1.54, 1.807) is 0 Å². The molecule has 0 bridgehead atoms. The smallest absolute Gasteiger partial charge is 0.225 e. The predicted molar refractivity (Wildman–Crippen MR) is 74.6 cm³/mol. The summed E-state index contributed by atoms with van der Waals surface area (Å²) < 4.78 is 6.23. The van der Waals surface area contributed by atoms with Crippen LogP contribution >= 0.6 is 15.9 Å². The van der Waals surface area contributed by atoms with Gasteiger partial charge in [0.05, 0.1) is 12.5 Å². The number of amides is 1. The van der Waals surface area contributed by atoms with Crippen molar-refractivity contribution >= 4 is 27.5 Å². The molecule has 4 nitrogen and oxygen atoms in total. The summed E-state index contributed by atoms with van der Waals surface area (Å²) in [5, 5.41) is 6.17. The molecule has 98 valence electrons. The maximum Gasteiger partial charge on any atom is 0.225 e. The van der Waals surface area contributed by atoms with Crippen LogP contribution in [0.25, 0.3) is 0 Å². The van der Waals surface area contributed by atoms with Crippen LogP contribution in [0.15, 0.2) is 28.7 Å². The van der Waals surface area contributed by atoms with Crippen molar-refractivity contribution in [1.82, 2.24) is 5.32 Å². The van der Waals surface area contributed by atoms with Gasteiger partial charge < -0.3 is 15.4 Å². The highest BCUT2D eigenvalue weighted by molar-refractivity contribution is 9.10. The van der Waals surface area contributed by atoms with E-state index in [9.17, 15) is 4.79 Å². The van der Waals surface area contributed by atoms with Gasteiger partial charge in [0.25, 0.3) is 0 Å². The highest BCUT2D eigenvalue weighted by Gasteiger charge is 2.22. The van der Waals surface area contributed by atoms with Crippen molar-refractivity contribution in [2.45, 2.75) is 6.42 Å². The summed E-state index contributed by atoms with van der Waals surface area (Å²) in [4.78, 5) is 11.7. The predicted octanol–water partition coefficient (Wildman–Crippen LogP) is 2.01. The number of benzene rings is 1. The molecule has 1 saturated heterocycles. The molecule has 1 atom stereocenters. The summed E-state index contributed by atoms with van der Waals surface area (Å²) in [5.74, 6) is 0.138. The SMILES string of the molecule is O=C(NCCNc1cccc(Br)c1)[C@@H]1CCOC1. The molecular weight excluding hydrogens is 296 g/mol. The summed E-state index contributed by atoms with van der Waals surface area (Å²) in [6.07, 6.45) is 0.838. The van der Waals surface area contributed by atoms with Crippen molar-refractivity contribution in [2.24, 2.45) is 5.92 Å². The number of nitrogens with one attached hydrogen (secondary N) is 2. The molecule has 1 heterocycles. The molecule has 1 amide bonds. The minimum absolute atomic E-state index is 0.0378. The van der Waals surface area contributed by atoms with Crippen LogP contribution < -0.4 is 10.6 Å². The average molecular weight is 313 g/mol. The third-order valence-corrected chi connectivity index (χ3v) is 3.37. The van der Waals surface area contributed by atoms with Gasteiger partial charge in [0, 0.05) is 29.9 Å². The van der Waals surface area contributed by atoms with Gasteiger partial charge in [-0.3, -0.25) is 4.79 Å². The van der Waals surface area contributed by atoms with Crippen molar-refractivity contribution in [1.29, 1.82) is 0 Å². The van der Waals surface area contributed by atoms with Crippen LogP contribution in [-0.2, 0) is 9.53 Å². The number of rotatable bonds is 5. The van der Waals surface area contributed by atoms with Crippen molar-refractivity contribution in [3.8, 4) is 0 Å². The van der Waals surface area contributed by atoms with Gasteiger partial charge in [0.2, 0.25) is 5.91 Å². The fraction of sp³-hybridized carbons (Fsp3) is 0.462. The number of hydrogen-bond donors (Lipinski definition) is 2. The first-order valence-electron chi connectivity index (χ1n) is 6.10. The fourth-order valence-corrected chi connectivity index (χ4v) is 2.28. The molecule has 1 fully saturated rings. The second kappa shape index (κ2) is 6.75. The lowest BCUT2D eigenvalue weighted by Gasteiger charge is -2.10. The fourth-order valence-electron chi connectivity index (χ4n) is 1.88. The van der Waals surface area contributed by atoms with E-state index in [-0.39, 0.29) is 11.8 Å². The topological polar surface area (TPSA) is 50.4 Å². The third-order valence-electron chi connectivity index (χ3n) is 2.88. The van der Waals surface area contributed by atoms with E-state index < -0.39 is 0 Å². The van der Waals surface area contributed by atoms with E-state index in [0.29, 0.717) is 19.8 Å². The van der Waals surface area contributed by atoms with Crippen molar-refractivity contribution < 1.29 is 9.53 Å². The number of ether oxygens (including phenoxy) is 1. The maximum absolute atomic E-state index is 11.7. The molecule has 0 saturated carbocycles. The maximum atomic E-state index is 11.7. The van der Waals surface area contributed by atoms with E-state index >= 15 is 0 Å². The van der Waals surface area contributed by atoms with Crippen LogP contribution in [0.1, 0.15) is 6.42 Å². The van der Waals surface area contributed by atoms with Gasteiger partial charge in [-0.2, -0.15) is 0 Å². The largest absolute Gasteiger partial charge is 0.383 e. The van der Waals surface area contributed by atoms with Crippen LogP contribution in [0.2, 0.25) is 0 Å². The van der Waals surface area contributed by atoms with Gasteiger partial charge in [-0.15, -0.1) is 0 Å². The Bertz CT molecular complexity index is 406. The van der Waals surface area contributed by atoms with E-state index in [1.165, 1.54) is 0 Å². The standard InChI is InChI=1S/C13H17BrN2O2/c14-11-2-1-3-12(8-11)15-5-6-16-13(17)10-4-7-18-9-10/h1-3,8,10,15H,4-7,9H2,(H,16,17)/t10-/m1/s1.